The largest absolute Gasteiger partial charge is 0.514 e. The fourth-order valence-electron chi connectivity index (χ4n) is 11.6. The predicted octanol–water partition coefficient (Wildman–Crippen LogP) is 7.51. The van der Waals surface area contributed by atoms with Crippen LogP contribution in [0.15, 0.2) is 54.6 Å². The van der Waals surface area contributed by atoms with Crippen LogP contribution in [0.5, 0.6) is 40.2 Å². The van der Waals surface area contributed by atoms with E-state index in [0.717, 1.165) is 22.3 Å². The van der Waals surface area contributed by atoms with E-state index in [1.165, 1.54) is 39.0 Å². The van der Waals surface area contributed by atoms with Gasteiger partial charge >= 0.3 is 24.1 Å². The van der Waals surface area contributed by atoms with Gasteiger partial charge in [-0.05, 0) is 101 Å². The van der Waals surface area contributed by atoms with Crippen molar-refractivity contribution in [2.75, 3.05) is 47.0 Å². The Labute approximate surface area is 421 Å². The Morgan fingerprint density at radius 3 is 2.39 bits per heavy atom. The van der Waals surface area contributed by atoms with Gasteiger partial charge in [0.15, 0.2) is 40.0 Å². The van der Waals surface area contributed by atoms with Gasteiger partial charge < -0.3 is 42.6 Å². The smallest absolute Gasteiger partial charge is 0.493 e. The first kappa shape index (κ1) is 48.8. The summed E-state index contributed by atoms with van der Waals surface area (Å²) in [5, 5.41) is 14.3. The Morgan fingerprint density at radius 1 is 0.917 bits per heavy atom. The minimum absolute atomic E-state index is 0.0511. The molecule has 7 aliphatic rings. The van der Waals surface area contributed by atoms with Crippen molar-refractivity contribution in [2.45, 2.75) is 101 Å². The number of methoxy groups -OCH3 is 2. The molecule has 4 aromatic carbocycles. The molecule has 4 bridgehead atoms. The van der Waals surface area contributed by atoms with Gasteiger partial charge in [-0.2, -0.15) is 5.26 Å². The average Bonchev–Trinajstić information content (AvgIpc) is 3.83. The molecule has 17 nitrogen and oxygen atoms in total. The van der Waals surface area contributed by atoms with E-state index in [1.807, 2.05) is 57.3 Å². The van der Waals surface area contributed by atoms with Gasteiger partial charge in [-0.15, -0.1) is 11.8 Å². The number of nitriles is 1. The lowest BCUT2D eigenvalue weighted by Gasteiger charge is -2.62. The zero-order valence-corrected chi connectivity index (χ0v) is 42.4. The zero-order chi connectivity index (χ0) is 51.0. The molecule has 376 valence electrons. The van der Waals surface area contributed by atoms with Gasteiger partial charge in [0.05, 0.1) is 37.6 Å². The normalized spacial score (nSPS) is 25.0. The molecule has 0 radical (unpaired) electrons. The van der Waals surface area contributed by atoms with Gasteiger partial charge in [0, 0.05) is 59.6 Å². The lowest BCUT2D eigenvalue weighted by molar-refractivity contribution is -0.157. The summed E-state index contributed by atoms with van der Waals surface area (Å²) in [4.78, 5) is 59.9. The highest BCUT2D eigenvalue weighted by atomic mass is 32.2. The number of thioether (sulfide) groups is 1. The van der Waals surface area contributed by atoms with Crippen molar-refractivity contribution in [3.63, 3.8) is 0 Å². The third kappa shape index (κ3) is 8.16. The molecular weight excluding hydrogens is 945 g/mol. The number of carbonyl (C=O) groups excluding carboxylic acids is 4. The second-order valence-electron chi connectivity index (χ2n) is 19.8. The Balaban J connectivity index is 1.16. The number of benzene rings is 4. The van der Waals surface area contributed by atoms with E-state index in [4.69, 9.17) is 42.6 Å². The highest BCUT2D eigenvalue weighted by Crippen LogP contribution is 2.65. The number of nitrogens with one attached hydrogen (secondary N) is 1. The van der Waals surface area contributed by atoms with E-state index in [-0.39, 0.29) is 42.2 Å². The number of esters is 3. The lowest BCUT2D eigenvalue weighted by Crippen LogP contribution is -2.69. The first-order chi connectivity index (χ1) is 34.5. The summed E-state index contributed by atoms with van der Waals surface area (Å²) in [6.07, 6.45) is 2.96. The van der Waals surface area contributed by atoms with Crippen LogP contribution in [0.2, 0.25) is 0 Å². The van der Waals surface area contributed by atoms with E-state index >= 15 is 4.79 Å². The quantitative estimate of drug-likeness (QED) is 0.0827. The summed E-state index contributed by atoms with van der Waals surface area (Å²) in [7, 11) is 4.95. The molecule has 2 fully saturated rings. The van der Waals surface area contributed by atoms with Crippen molar-refractivity contribution in [3.05, 3.63) is 105 Å². The van der Waals surface area contributed by atoms with Crippen molar-refractivity contribution in [1.29, 1.82) is 5.26 Å². The van der Waals surface area contributed by atoms with Gasteiger partial charge in [-0.3, -0.25) is 19.9 Å². The Hall–Kier alpha value is -6.78. The maximum Gasteiger partial charge on any atom is 0.514 e. The molecular formula is C54H56N4O13S. The van der Waals surface area contributed by atoms with Crippen molar-refractivity contribution in [3.8, 4) is 46.3 Å². The molecule has 1 N–H and O–H groups in total. The van der Waals surface area contributed by atoms with Crippen LogP contribution in [0.25, 0.3) is 6.08 Å². The number of hydrogen-bond acceptors (Lipinski definition) is 18. The number of piperazine rings is 1. The third-order valence-electron chi connectivity index (χ3n) is 14.4. The number of rotatable bonds is 7. The monoisotopic (exact) mass is 1000 g/mol. The predicted molar refractivity (Wildman–Crippen MR) is 263 cm³/mol. The Morgan fingerprint density at radius 2 is 1.68 bits per heavy atom. The van der Waals surface area contributed by atoms with Crippen LogP contribution in [0, 0.1) is 25.2 Å². The number of fused-ring (bicyclic) bond motifs is 9. The lowest BCUT2D eigenvalue weighted by atomic mass is 9.71. The van der Waals surface area contributed by atoms with Gasteiger partial charge in [0.2, 0.25) is 6.79 Å². The number of aryl methyl sites for hydroxylation is 1. The number of ether oxygens (including phenoxy) is 9. The maximum absolute atomic E-state index is 15.3. The molecule has 0 amide bonds. The minimum atomic E-state index is -1.50. The fourth-order valence-corrected chi connectivity index (χ4v) is 13.2. The summed E-state index contributed by atoms with van der Waals surface area (Å²) in [6.45, 7) is 10.3. The van der Waals surface area contributed by atoms with E-state index in [1.54, 1.807) is 39.0 Å². The molecule has 7 aliphatic heterocycles. The van der Waals surface area contributed by atoms with Gasteiger partial charge in [-0.1, -0.05) is 36.4 Å². The van der Waals surface area contributed by atoms with Crippen molar-refractivity contribution in [2.24, 2.45) is 0 Å². The number of likely N-dealkylation sites (N-methyl/N-ethyl adjacent to an activating group) is 1. The van der Waals surface area contributed by atoms with E-state index in [9.17, 15) is 19.6 Å². The molecule has 1 spiro atoms. The van der Waals surface area contributed by atoms with Crippen LogP contribution in [-0.4, -0.2) is 105 Å². The summed E-state index contributed by atoms with van der Waals surface area (Å²) >= 11 is 1.43. The third-order valence-corrected chi connectivity index (χ3v) is 15.9. The van der Waals surface area contributed by atoms with Crippen LogP contribution in [0.4, 0.5) is 4.79 Å². The molecule has 11 rings (SSSR count). The molecule has 0 aliphatic carbocycles. The van der Waals surface area contributed by atoms with Gasteiger partial charge in [0.25, 0.3) is 0 Å². The standard InChI is InChI=1S/C54H56N4O13S/c1-27-19-32-20-34-35(23-55)58-36-24-65-51(61)54(33-22-37(63-8)38(21-31(33)17-18-56-54)69-39(60)16-15-30-13-11-10-12-14-30)25-72-50(42-41(36)48-47(66-26-67-48)28(2)46(42)68-29(3)59)44(58)43(57(34)7)40(32)49(45(27)64-9)70-52(62)71-53(4,5)6/h10-16,19,21-22,34-36,43-44,50,56H,17-18,20,24-26H2,1-9H3/b16-15+/t34-,35+,36+,43+,44?,50-,54-/m1/s1. The molecule has 0 saturated carbocycles. The Bertz CT molecular complexity index is 2980. The molecule has 0 aromatic heterocycles. The molecule has 72 heavy (non-hydrogen) atoms. The average molecular weight is 1000 g/mol. The maximum atomic E-state index is 15.3. The highest BCUT2D eigenvalue weighted by molar-refractivity contribution is 7.99. The van der Waals surface area contributed by atoms with E-state index in [2.05, 4.69) is 21.2 Å². The molecule has 2 saturated heterocycles. The molecule has 7 heterocycles. The minimum Gasteiger partial charge on any atom is -0.493 e. The van der Waals surface area contributed by atoms with Crippen molar-refractivity contribution >= 4 is 41.9 Å². The number of carbonyl (C=O) groups is 4. The second-order valence-corrected chi connectivity index (χ2v) is 20.9. The zero-order valence-electron chi connectivity index (χ0n) is 41.5. The number of nitrogens with zero attached hydrogens (tertiary/aromatic N) is 3. The van der Waals surface area contributed by atoms with Crippen LogP contribution >= 0.6 is 11.8 Å². The summed E-state index contributed by atoms with van der Waals surface area (Å²) in [5.74, 6) is 0.340. The van der Waals surface area contributed by atoms with Crippen LogP contribution in [0.1, 0.15) is 95.1 Å². The molecule has 4 aromatic rings. The van der Waals surface area contributed by atoms with E-state index < -0.39 is 70.7 Å². The number of hydrogen-bond donors (Lipinski definition) is 1. The topological polar surface area (TPSA) is 194 Å². The van der Waals surface area contributed by atoms with Crippen molar-refractivity contribution in [1.82, 2.24) is 15.1 Å². The molecule has 18 heteroatoms. The van der Waals surface area contributed by atoms with Gasteiger partial charge in [-0.25, -0.2) is 14.4 Å². The van der Waals surface area contributed by atoms with Crippen molar-refractivity contribution < 1.29 is 61.8 Å². The molecule has 1 unspecified atom stereocenters. The first-order valence-corrected chi connectivity index (χ1v) is 24.9. The molecule has 7 atom stereocenters. The van der Waals surface area contributed by atoms with E-state index in [0.29, 0.717) is 64.5 Å². The van der Waals surface area contributed by atoms with Gasteiger partial charge in [0.1, 0.15) is 24.0 Å². The second kappa shape index (κ2) is 18.7. The summed E-state index contributed by atoms with van der Waals surface area (Å²) in [5.41, 5.74) is 3.78. The highest BCUT2D eigenvalue weighted by Gasteiger charge is 2.62. The SMILES string of the molecule is COc1cc2c(cc1OC(=O)/C=C/c1ccccc1)CCN[C@]21CS[C@@H]2c3c(OC(C)=O)c(C)c4c(c3[C@H](COC1=O)N1C2[C@@H]2c3c(cc(C)c(OC)c3OC(=O)OC(C)(C)C)C[C@H]([C@@H]1C#N)N2C)OCO4. The summed E-state index contributed by atoms with van der Waals surface area (Å²) in [6, 6.07) is 14.2. The first-order valence-electron chi connectivity index (χ1n) is 23.8. The van der Waals surface area contributed by atoms with Crippen LogP contribution in [-0.2, 0) is 42.2 Å². The fraction of sp³-hybridized carbons (Fsp3) is 0.426. The van der Waals surface area contributed by atoms with Crippen LogP contribution in [0.3, 0.4) is 0 Å². The Kier molecular flexibility index (Phi) is 12.7. The summed E-state index contributed by atoms with van der Waals surface area (Å²) < 4.78 is 55.1. The van der Waals surface area contributed by atoms with Crippen LogP contribution < -0.4 is 38.5 Å².